The topological polar surface area (TPSA) is 72.2 Å². The fourth-order valence-electron chi connectivity index (χ4n) is 2.24. The van der Waals surface area contributed by atoms with Gasteiger partial charge >= 0.3 is 0 Å². The molecule has 0 bridgehead atoms. The second kappa shape index (κ2) is 6.20. The summed E-state index contributed by atoms with van der Waals surface area (Å²) in [4.78, 5) is 0.0554. The third-order valence-corrected chi connectivity index (χ3v) is 4.77. The summed E-state index contributed by atoms with van der Waals surface area (Å²) in [5.41, 5.74) is 5.29. The van der Waals surface area contributed by atoms with Crippen molar-refractivity contribution in [3.8, 4) is 0 Å². The number of halogens is 1. The molecule has 0 unspecified atom stereocenters. The first-order valence-corrected chi connectivity index (χ1v) is 8.08. The van der Waals surface area contributed by atoms with Gasteiger partial charge in [-0.15, -0.1) is 0 Å². The highest BCUT2D eigenvalue weighted by Crippen LogP contribution is 2.20. The molecule has 3 N–H and O–H groups in total. The molecular weight excluding hydrogens is 279 g/mol. The minimum Gasteiger partial charge on any atom is -0.329 e. The van der Waals surface area contributed by atoms with Crippen LogP contribution in [0.15, 0.2) is 23.1 Å². The van der Waals surface area contributed by atoms with Gasteiger partial charge in [0.05, 0.1) is 4.90 Å². The standard InChI is InChI=1S/C14H23FN2O2S/c1-10(2)8-14(4,9-16)17-20(18,19)12-5-6-13(15)11(3)7-12/h5-7,10,17H,8-9,16H2,1-4H3/t14-/m1/s1. The fraction of sp³-hybridized carbons (Fsp3) is 0.571. The van der Waals surface area contributed by atoms with Crippen LogP contribution < -0.4 is 10.5 Å². The summed E-state index contributed by atoms with van der Waals surface area (Å²) in [6.45, 7) is 7.52. The van der Waals surface area contributed by atoms with E-state index < -0.39 is 21.4 Å². The molecule has 114 valence electrons. The van der Waals surface area contributed by atoms with Crippen LogP contribution in [0, 0.1) is 18.7 Å². The predicted molar refractivity (Wildman–Crippen MR) is 78.4 cm³/mol. The van der Waals surface area contributed by atoms with Gasteiger partial charge in [-0.3, -0.25) is 0 Å². The highest BCUT2D eigenvalue weighted by Gasteiger charge is 2.30. The van der Waals surface area contributed by atoms with Crippen molar-refractivity contribution in [2.24, 2.45) is 11.7 Å². The quantitative estimate of drug-likeness (QED) is 0.846. The molecule has 1 aromatic rings. The Morgan fingerprint density at radius 1 is 1.40 bits per heavy atom. The lowest BCUT2D eigenvalue weighted by Crippen LogP contribution is -2.51. The van der Waals surface area contributed by atoms with Gasteiger partial charge in [-0.2, -0.15) is 0 Å². The number of sulfonamides is 1. The number of benzene rings is 1. The summed E-state index contributed by atoms with van der Waals surface area (Å²) < 4.78 is 40.6. The maximum absolute atomic E-state index is 13.2. The SMILES string of the molecule is Cc1cc(S(=O)(=O)N[C@@](C)(CN)CC(C)C)ccc1F. The lowest BCUT2D eigenvalue weighted by atomic mass is 9.92. The lowest BCUT2D eigenvalue weighted by molar-refractivity contribution is 0.344. The Labute approximate surface area is 120 Å². The zero-order valence-electron chi connectivity index (χ0n) is 12.4. The fourth-order valence-corrected chi connectivity index (χ4v) is 3.75. The average molecular weight is 302 g/mol. The van der Waals surface area contributed by atoms with Crippen LogP contribution in [0.4, 0.5) is 4.39 Å². The monoisotopic (exact) mass is 302 g/mol. The summed E-state index contributed by atoms with van der Waals surface area (Å²) in [5.74, 6) is -0.117. The smallest absolute Gasteiger partial charge is 0.241 e. The van der Waals surface area contributed by atoms with Crippen molar-refractivity contribution in [1.82, 2.24) is 4.72 Å². The van der Waals surface area contributed by atoms with Crippen molar-refractivity contribution >= 4 is 10.0 Å². The van der Waals surface area contributed by atoms with Gasteiger partial charge in [-0.05, 0) is 49.9 Å². The Morgan fingerprint density at radius 2 is 2.00 bits per heavy atom. The molecule has 0 aliphatic heterocycles. The zero-order chi connectivity index (χ0) is 15.6. The largest absolute Gasteiger partial charge is 0.329 e. The summed E-state index contributed by atoms with van der Waals surface area (Å²) in [6, 6.07) is 3.74. The highest BCUT2D eigenvalue weighted by molar-refractivity contribution is 7.89. The minimum absolute atomic E-state index is 0.0554. The van der Waals surface area contributed by atoms with E-state index >= 15 is 0 Å². The van der Waals surface area contributed by atoms with E-state index in [9.17, 15) is 12.8 Å². The van der Waals surface area contributed by atoms with Crippen LogP contribution in [0.3, 0.4) is 0 Å². The second-order valence-corrected chi connectivity index (χ2v) is 7.56. The first kappa shape index (κ1) is 17.1. The molecule has 6 heteroatoms. The average Bonchev–Trinajstić information content (AvgIpc) is 2.30. The molecule has 0 aliphatic rings. The van der Waals surface area contributed by atoms with Crippen LogP contribution in [-0.2, 0) is 10.0 Å². The summed E-state index contributed by atoms with van der Waals surface area (Å²) in [5, 5.41) is 0. The molecule has 0 saturated carbocycles. The van der Waals surface area contributed by atoms with E-state index in [2.05, 4.69) is 4.72 Å². The van der Waals surface area contributed by atoms with E-state index in [0.717, 1.165) is 6.07 Å². The van der Waals surface area contributed by atoms with E-state index in [-0.39, 0.29) is 11.4 Å². The van der Waals surface area contributed by atoms with Crippen molar-refractivity contribution < 1.29 is 12.8 Å². The summed E-state index contributed by atoms with van der Waals surface area (Å²) in [7, 11) is -3.71. The van der Waals surface area contributed by atoms with E-state index in [1.54, 1.807) is 6.92 Å². The van der Waals surface area contributed by atoms with E-state index in [0.29, 0.717) is 17.9 Å². The molecule has 0 aromatic heterocycles. The van der Waals surface area contributed by atoms with Gasteiger partial charge in [0.1, 0.15) is 5.82 Å². The summed E-state index contributed by atoms with van der Waals surface area (Å²) in [6.07, 6.45) is 0.628. The molecule has 1 atom stereocenters. The molecule has 0 radical (unpaired) electrons. The Hall–Kier alpha value is -0.980. The highest BCUT2D eigenvalue weighted by atomic mass is 32.2. The summed E-state index contributed by atoms with van der Waals surface area (Å²) >= 11 is 0. The third-order valence-electron chi connectivity index (χ3n) is 3.13. The van der Waals surface area contributed by atoms with Gasteiger partial charge in [-0.1, -0.05) is 13.8 Å². The molecule has 0 saturated heterocycles. The van der Waals surface area contributed by atoms with Crippen LogP contribution in [0.5, 0.6) is 0 Å². The van der Waals surface area contributed by atoms with E-state index in [4.69, 9.17) is 5.73 Å². The predicted octanol–water partition coefficient (Wildman–Crippen LogP) is 2.18. The van der Waals surface area contributed by atoms with Crippen molar-refractivity contribution in [2.45, 2.75) is 44.6 Å². The van der Waals surface area contributed by atoms with Crippen molar-refractivity contribution in [2.75, 3.05) is 6.54 Å². The Bertz CT molecular complexity index is 573. The Morgan fingerprint density at radius 3 is 2.45 bits per heavy atom. The number of rotatable bonds is 6. The Kier molecular flexibility index (Phi) is 5.29. The molecule has 1 aromatic carbocycles. The number of nitrogens with two attached hydrogens (primary N) is 1. The van der Waals surface area contributed by atoms with Gasteiger partial charge in [0.25, 0.3) is 0 Å². The van der Waals surface area contributed by atoms with Gasteiger partial charge in [0, 0.05) is 12.1 Å². The van der Waals surface area contributed by atoms with E-state index in [1.165, 1.54) is 19.1 Å². The van der Waals surface area contributed by atoms with Crippen LogP contribution in [-0.4, -0.2) is 20.5 Å². The lowest BCUT2D eigenvalue weighted by Gasteiger charge is -2.30. The third kappa shape index (κ3) is 4.26. The molecule has 0 spiro atoms. The maximum Gasteiger partial charge on any atom is 0.241 e. The molecule has 1 rings (SSSR count). The number of aryl methyl sites for hydroxylation is 1. The van der Waals surface area contributed by atoms with Gasteiger partial charge < -0.3 is 5.73 Å². The van der Waals surface area contributed by atoms with Crippen molar-refractivity contribution in [3.63, 3.8) is 0 Å². The van der Waals surface area contributed by atoms with Crippen molar-refractivity contribution in [1.29, 1.82) is 0 Å². The van der Waals surface area contributed by atoms with Crippen LogP contribution in [0.25, 0.3) is 0 Å². The van der Waals surface area contributed by atoms with Gasteiger partial charge in [0.2, 0.25) is 10.0 Å². The number of hydrogen-bond acceptors (Lipinski definition) is 3. The first-order valence-electron chi connectivity index (χ1n) is 6.60. The Balaban J connectivity index is 3.07. The molecule has 0 amide bonds. The van der Waals surface area contributed by atoms with Gasteiger partial charge in [0.15, 0.2) is 0 Å². The molecule has 4 nitrogen and oxygen atoms in total. The van der Waals surface area contributed by atoms with Crippen LogP contribution in [0.1, 0.15) is 32.8 Å². The number of nitrogens with one attached hydrogen (secondary N) is 1. The van der Waals surface area contributed by atoms with E-state index in [1.807, 2.05) is 13.8 Å². The van der Waals surface area contributed by atoms with Crippen LogP contribution in [0.2, 0.25) is 0 Å². The molecule has 0 heterocycles. The molecule has 0 aliphatic carbocycles. The normalized spacial score (nSPS) is 15.3. The second-order valence-electron chi connectivity index (χ2n) is 5.88. The number of hydrogen-bond donors (Lipinski definition) is 2. The molecule has 0 fully saturated rings. The maximum atomic E-state index is 13.2. The molecule has 20 heavy (non-hydrogen) atoms. The van der Waals surface area contributed by atoms with Crippen LogP contribution >= 0.6 is 0 Å². The zero-order valence-corrected chi connectivity index (χ0v) is 13.2. The molecular formula is C14H23FN2O2S. The minimum atomic E-state index is -3.71. The first-order chi connectivity index (χ1) is 9.09. The van der Waals surface area contributed by atoms with Crippen molar-refractivity contribution in [3.05, 3.63) is 29.6 Å². The van der Waals surface area contributed by atoms with Gasteiger partial charge in [-0.25, -0.2) is 17.5 Å².